The standard InChI is InChI=1S/C20H27N3O4/c1-6-11-20(19(26)27-5)15-14(17(24)23(4)18(15)25)16(21-20)12-7-9-13(10-8-12)22(2)3/h7-10,14-16,21H,6,11H2,1-5H3/t14-,15+,16+,20-/m0/s1. The summed E-state index contributed by atoms with van der Waals surface area (Å²) in [5, 5.41) is 3.35. The molecule has 2 amide bonds. The lowest BCUT2D eigenvalue weighted by molar-refractivity contribution is -0.154. The van der Waals surface area contributed by atoms with Gasteiger partial charge in [-0.25, -0.2) is 0 Å². The van der Waals surface area contributed by atoms with Gasteiger partial charge >= 0.3 is 5.97 Å². The van der Waals surface area contributed by atoms with E-state index < -0.39 is 29.4 Å². The van der Waals surface area contributed by atoms with Crippen molar-refractivity contribution in [1.82, 2.24) is 10.2 Å². The summed E-state index contributed by atoms with van der Waals surface area (Å²) in [7, 11) is 6.72. The summed E-state index contributed by atoms with van der Waals surface area (Å²) in [5.74, 6) is -2.41. The van der Waals surface area contributed by atoms with Gasteiger partial charge in [-0.15, -0.1) is 0 Å². The number of benzene rings is 1. The first-order chi connectivity index (χ1) is 12.8. The summed E-state index contributed by atoms with van der Waals surface area (Å²) in [5.41, 5.74) is 0.734. The number of rotatable bonds is 5. The quantitative estimate of drug-likeness (QED) is 0.620. The van der Waals surface area contributed by atoms with Gasteiger partial charge in [0.1, 0.15) is 5.54 Å². The summed E-state index contributed by atoms with van der Waals surface area (Å²) in [6.07, 6.45) is 1.11. The average molecular weight is 373 g/mol. The zero-order valence-electron chi connectivity index (χ0n) is 16.5. The minimum atomic E-state index is -1.18. The van der Waals surface area contributed by atoms with E-state index in [9.17, 15) is 14.4 Å². The van der Waals surface area contributed by atoms with Crippen LogP contribution >= 0.6 is 0 Å². The first-order valence-corrected chi connectivity index (χ1v) is 9.23. The molecule has 7 heteroatoms. The molecule has 2 fully saturated rings. The lowest BCUT2D eigenvalue weighted by Gasteiger charge is -2.31. The van der Waals surface area contributed by atoms with Crippen LogP contribution in [0.2, 0.25) is 0 Å². The van der Waals surface area contributed by atoms with Gasteiger partial charge in [0.25, 0.3) is 0 Å². The van der Waals surface area contributed by atoms with Crippen LogP contribution in [0.15, 0.2) is 24.3 Å². The lowest BCUT2D eigenvalue weighted by atomic mass is 9.77. The molecule has 27 heavy (non-hydrogen) atoms. The molecule has 0 saturated carbocycles. The van der Waals surface area contributed by atoms with Crippen LogP contribution in [0.3, 0.4) is 0 Å². The maximum atomic E-state index is 12.9. The van der Waals surface area contributed by atoms with E-state index in [1.54, 1.807) is 0 Å². The minimum absolute atomic E-state index is 0.249. The monoisotopic (exact) mass is 373 g/mol. The number of hydrogen-bond acceptors (Lipinski definition) is 6. The molecule has 2 aliphatic heterocycles. The van der Waals surface area contributed by atoms with Crippen LogP contribution in [0.4, 0.5) is 5.69 Å². The molecule has 2 heterocycles. The van der Waals surface area contributed by atoms with E-state index in [2.05, 4.69) is 5.32 Å². The third-order valence-electron chi connectivity index (χ3n) is 5.84. The van der Waals surface area contributed by atoms with Crippen LogP contribution in [-0.2, 0) is 19.1 Å². The molecule has 1 aromatic carbocycles. The van der Waals surface area contributed by atoms with Crippen molar-refractivity contribution in [2.75, 3.05) is 33.2 Å². The third-order valence-corrected chi connectivity index (χ3v) is 5.84. The first-order valence-electron chi connectivity index (χ1n) is 9.23. The van der Waals surface area contributed by atoms with Crippen LogP contribution in [0.1, 0.15) is 31.4 Å². The Balaban J connectivity index is 2.09. The molecule has 0 spiro atoms. The zero-order chi connectivity index (χ0) is 19.9. The number of nitrogens with one attached hydrogen (secondary N) is 1. The van der Waals surface area contributed by atoms with Crippen molar-refractivity contribution in [3.05, 3.63) is 29.8 Å². The summed E-state index contributed by atoms with van der Waals surface area (Å²) in [6, 6.07) is 7.40. The Kier molecular flexibility index (Phi) is 4.99. The Morgan fingerprint density at radius 3 is 2.37 bits per heavy atom. The van der Waals surface area contributed by atoms with Crippen molar-refractivity contribution in [3.8, 4) is 0 Å². The molecular weight excluding hydrogens is 346 g/mol. The van der Waals surface area contributed by atoms with E-state index in [0.717, 1.165) is 16.2 Å². The fourth-order valence-corrected chi connectivity index (χ4v) is 4.51. The maximum absolute atomic E-state index is 12.9. The average Bonchev–Trinajstić information content (AvgIpc) is 3.12. The Morgan fingerprint density at radius 2 is 1.85 bits per heavy atom. The largest absolute Gasteiger partial charge is 0.468 e. The van der Waals surface area contributed by atoms with Gasteiger partial charge in [0.2, 0.25) is 11.8 Å². The number of hydrogen-bond donors (Lipinski definition) is 1. The molecule has 146 valence electrons. The van der Waals surface area contributed by atoms with E-state index in [0.29, 0.717) is 12.8 Å². The zero-order valence-corrected chi connectivity index (χ0v) is 16.5. The van der Waals surface area contributed by atoms with Gasteiger partial charge in [-0.2, -0.15) is 0 Å². The fraction of sp³-hybridized carbons (Fsp3) is 0.550. The Bertz CT molecular complexity index is 761. The van der Waals surface area contributed by atoms with Gasteiger partial charge < -0.3 is 9.64 Å². The number of fused-ring (bicyclic) bond motifs is 1. The van der Waals surface area contributed by atoms with Gasteiger partial charge in [0, 0.05) is 32.9 Å². The van der Waals surface area contributed by atoms with Gasteiger partial charge in [0.05, 0.1) is 18.9 Å². The van der Waals surface area contributed by atoms with Gasteiger partial charge in [0.15, 0.2) is 0 Å². The molecular formula is C20H27N3O4. The predicted molar refractivity (Wildman–Crippen MR) is 101 cm³/mol. The fourth-order valence-electron chi connectivity index (χ4n) is 4.51. The second-order valence-electron chi connectivity index (χ2n) is 7.56. The van der Waals surface area contributed by atoms with Crippen LogP contribution in [0, 0.1) is 11.8 Å². The molecule has 0 radical (unpaired) electrons. The predicted octanol–water partition coefficient (Wildman–Crippen LogP) is 1.34. The van der Waals surface area contributed by atoms with Crippen molar-refractivity contribution < 1.29 is 19.1 Å². The van der Waals surface area contributed by atoms with E-state index in [1.165, 1.54) is 14.2 Å². The summed E-state index contributed by atoms with van der Waals surface area (Å²) >= 11 is 0. The molecule has 7 nitrogen and oxygen atoms in total. The summed E-state index contributed by atoms with van der Waals surface area (Å²) < 4.78 is 5.06. The van der Waals surface area contributed by atoms with Gasteiger partial charge in [-0.3, -0.25) is 24.6 Å². The van der Waals surface area contributed by atoms with Crippen LogP contribution in [-0.4, -0.2) is 56.5 Å². The topological polar surface area (TPSA) is 79.0 Å². The molecule has 3 rings (SSSR count). The van der Waals surface area contributed by atoms with Crippen LogP contribution in [0.25, 0.3) is 0 Å². The normalized spacial score (nSPS) is 29.8. The summed E-state index contributed by atoms with van der Waals surface area (Å²) in [4.78, 5) is 41.7. The number of carbonyl (C=O) groups excluding carboxylic acids is 3. The molecule has 2 saturated heterocycles. The minimum Gasteiger partial charge on any atom is -0.468 e. The molecule has 1 N–H and O–H groups in total. The molecule has 0 aromatic heterocycles. The second-order valence-corrected chi connectivity index (χ2v) is 7.56. The van der Waals surface area contributed by atoms with E-state index in [1.807, 2.05) is 50.2 Å². The first kappa shape index (κ1) is 19.4. The highest BCUT2D eigenvalue weighted by molar-refractivity contribution is 6.09. The highest BCUT2D eigenvalue weighted by Gasteiger charge is 2.67. The van der Waals surface area contributed by atoms with Gasteiger partial charge in [-0.1, -0.05) is 25.5 Å². The Hall–Kier alpha value is -2.41. The molecule has 1 aromatic rings. The third kappa shape index (κ3) is 2.81. The molecule has 0 unspecified atom stereocenters. The van der Waals surface area contributed by atoms with Crippen molar-refractivity contribution in [2.45, 2.75) is 31.3 Å². The number of methoxy groups -OCH3 is 1. The van der Waals surface area contributed by atoms with Crippen molar-refractivity contribution in [1.29, 1.82) is 0 Å². The number of amides is 2. The number of likely N-dealkylation sites (tertiary alicyclic amines) is 1. The number of carbonyl (C=O) groups is 3. The number of imide groups is 1. The van der Waals surface area contributed by atoms with Crippen molar-refractivity contribution in [3.63, 3.8) is 0 Å². The van der Waals surface area contributed by atoms with E-state index in [-0.39, 0.29) is 11.8 Å². The Labute approximate surface area is 159 Å². The lowest BCUT2D eigenvalue weighted by Crippen LogP contribution is -2.56. The highest BCUT2D eigenvalue weighted by Crippen LogP contribution is 2.50. The van der Waals surface area contributed by atoms with Crippen molar-refractivity contribution >= 4 is 23.5 Å². The molecule has 0 aliphatic carbocycles. The van der Waals surface area contributed by atoms with Gasteiger partial charge in [-0.05, 0) is 24.1 Å². The molecule has 4 atom stereocenters. The van der Waals surface area contributed by atoms with Crippen LogP contribution in [0.5, 0.6) is 0 Å². The Morgan fingerprint density at radius 1 is 1.22 bits per heavy atom. The SMILES string of the molecule is CCC[C@]1(C(=O)OC)N[C@H](c2ccc(N(C)C)cc2)[C@H]2C(=O)N(C)C(=O)[C@@H]21. The highest BCUT2D eigenvalue weighted by atomic mass is 16.5. The van der Waals surface area contributed by atoms with E-state index in [4.69, 9.17) is 4.74 Å². The van der Waals surface area contributed by atoms with Crippen molar-refractivity contribution in [2.24, 2.45) is 11.8 Å². The van der Waals surface area contributed by atoms with E-state index >= 15 is 0 Å². The number of esters is 1. The number of anilines is 1. The number of ether oxygens (including phenoxy) is 1. The molecule has 0 bridgehead atoms. The molecule has 2 aliphatic rings. The number of nitrogens with zero attached hydrogens (tertiary/aromatic N) is 2. The maximum Gasteiger partial charge on any atom is 0.326 e. The van der Waals surface area contributed by atoms with Crippen LogP contribution < -0.4 is 10.2 Å². The second kappa shape index (κ2) is 6.96. The summed E-state index contributed by atoms with van der Waals surface area (Å²) in [6.45, 7) is 1.95. The smallest absolute Gasteiger partial charge is 0.326 e.